The predicted molar refractivity (Wildman–Crippen MR) is 99.4 cm³/mol. The normalized spacial score (nSPS) is 12.0. The van der Waals surface area contributed by atoms with Crippen molar-refractivity contribution in [1.82, 2.24) is 19.6 Å². The molecule has 0 aliphatic rings. The number of benzene rings is 2. The molecule has 0 unspecified atom stereocenters. The molecule has 128 valence electrons. The van der Waals surface area contributed by atoms with Gasteiger partial charge in [-0.15, -0.1) is 0 Å². The van der Waals surface area contributed by atoms with Crippen molar-refractivity contribution in [3.8, 4) is 5.75 Å². The molecule has 0 radical (unpaired) electrons. The number of nitrogens with zero attached hydrogens (tertiary/aromatic N) is 3. The maximum absolute atomic E-state index is 5.24. The number of methoxy groups -OCH3 is 1. The number of fused-ring (bicyclic) bond motifs is 3. The molecule has 0 saturated carbocycles. The highest BCUT2D eigenvalue weighted by atomic mass is 16.5. The second-order valence-electron chi connectivity index (χ2n) is 6.78. The fourth-order valence-electron chi connectivity index (χ4n) is 2.97. The van der Waals surface area contributed by atoms with Crippen molar-refractivity contribution in [1.29, 1.82) is 0 Å². The minimum absolute atomic E-state index is 0.00836. The fourth-order valence-corrected chi connectivity index (χ4v) is 2.97. The minimum Gasteiger partial charge on any atom is -0.497 e. The number of rotatable bonds is 5. The van der Waals surface area contributed by atoms with Gasteiger partial charge in [0.05, 0.1) is 18.1 Å². The largest absolute Gasteiger partial charge is 0.497 e. The molecule has 0 aliphatic heterocycles. The monoisotopic (exact) mass is 335 g/mol. The Kier molecular flexibility index (Phi) is 3.60. The number of aromatic nitrogens is 4. The molecule has 0 fully saturated rings. The van der Waals surface area contributed by atoms with Gasteiger partial charge in [-0.05, 0) is 17.7 Å². The van der Waals surface area contributed by atoms with Crippen molar-refractivity contribution < 1.29 is 4.74 Å². The van der Waals surface area contributed by atoms with Crippen LogP contribution in [0.4, 0.5) is 5.95 Å². The molecular weight excluding hydrogens is 314 g/mol. The maximum atomic E-state index is 5.24. The number of aromatic amines is 1. The summed E-state index contributed by atoms with van der Waals surface area (Å²) in [6.45, 7) is 5.19. The number of nitrogens with one attached hydrogen (secondary N) is 2. The molecule has 2 aromatic heterocycles. The van der Waals surface area contributed by atoms with Crippen LogP contribution < -0.4 is 10.1 Å². The van der Waals surface area contributed by atoms with E-state index in [1.807, 2.05) is 28.8 Å². The summed E-state index contributed by atoms with van der Waals surface area (Å²) in [4.78, 5) is 9.09. The highest BCUT2D eigenvalue weighted by Gasteiger charge is 2.21. The van der Waals surface area contributed by atoms with E-state index < -0.39 is 0 Å². The number of ether oxygens (including phenoxy) is 1. The number of hydrogen-bond acceptors (Lipinski definition) is 4. The van der Waals surface area contributed by atoms with Crippen molar-refractivity contribution in [2.75, 3.05) is 19.0 Å². The lowest BCUT2D eigenvalue weighted by Crippen LogP contribution is -2.27. The molecule has 0 bridgehead atoms. The summed E-state index contributed by atoms with van der Waals surface area (Å²) in [7, 11) is 1.65. The van der Waals surface area contributed by atoms with Crippen LogP contribution in [0.5, 0.6) is 5.75 Å². The first kappa shape index (κ1) is 15.5. The Balaban J connectivity index is 1.58. The van der Waals surface area contributed by atoms with Crippen molar-refractivity contribution in [3.63, 3.8) is 0 Å². The average Bonchev–Trinajstić information content (AvgIpc) is 3.17. The Hall–Kier alpha value is -3.02. The van der Waals surface area contributed by atoms with Crippen molar-refractivity contribution in [2.45, 2.75) is 19.3 Å². The van der Waals surface area contributed by atoms with E-state index in [2.05, 4.69) is 58.5 Å². The van der Waals surface area contributed by atoms with Gasteiger partial charge < -0.3 is 10.1 Å². The molecule has 6 heteroatoms. The summed E-state index contributed by atoms with van der Waals surface area (Å²) >= 11 is 0. The zero-order chi connectivity index (χ0) is 17.4. The predicted octanol–water partition coefficient (Wildman–Crippen LogP) is 3.61. The van der Waals surface area contributed by atoms with E-state index >= 15 is 0 Å². The van der Waals surface area contributed by atoms with Gasteiger partial charge in [0.15, 0.2) is 0 Å². The van der Waals surface area contributed by atoms with Gasteiger partial charge in [-0.1, -0.05) is 44.2 Å². The Morgan fingerprint density at radius 3 is 2.68 bits per heavy atom. The molecule has 2 heterocycles. The lowest BCUT2D eigenvalue weighted by Gasteiger charge is -2.25. The summed E-state index contributed by atoms with van der Waals surface area (Å²) < 4.78 is 7.13. The zero-order valence-electron chi connectivity index (χ0n) is 14.6. The van der Waals surface area contributed by atoms with E-state index in [-0.39, 0.29) is 5.41 Å². The van der Waals surface area contributed by atoms with Crippen LogP contribution in [-0.2, 0) is 5.41 Å². The van der Waals surface area contributed by atoms with Gasteiger partial charge in [0.1, 0.15) is 5.75 Å². The number of anilines is 1. The molecule has 0 aliphatic carbocycles. The first-order chi connectivity index (χ1) is 12.1. The second-order valence-corrected chi connectivity index (χ2v) is 6.78. The summed E-state index contributed by atoms with van der Waals surface area (Å²) in [6, 6.07) is 16.3. The van der Waals surface area contributed by atoms with E-state index in [1.165, 1.54) is 5.56 Å². The van der Waals surface area contributed by atoms with Gasteiger partial charge in [0.2, 0.25) is 5.95 Å². The molecule has 2 aromatic carbocycles. The molecule has 4 aromatic rings. The molecule has 2 N–H and O–H groups in total. The third kappa shape index (κ3) is 2.80. The minimum atomic E-state index is -0.00836. The van der Waals surface area contributed by atoms with E-state index in [1.54, 1.807) is 7.11 Å². The number of imidazole rings is 1. The van der Waals surface area contributed by atoms with Gasteiger partial charge in [-0.2, -0.15) is 4.98 Å². The Labute approximate surface area is 145 Å². The van der Waals surface area contributed by atoms with Crippen molar-refractivity contribution in [3.05, 3.63) is 54.1 Å². The quantitative estimate of drug-likeness (QED) is 0.585. The molecule has 0 atom stereocenters. The highest BCUT2D eigenvalue weighted by Crippen LogP contribution is 2.24. The Morgan fingerprint density at radius 2 is 1.92 bits per heavy atom. The third-order valence-corrected chi connectivity index (χ3v) is 4.53. The van der Waals surface area contributed by atoms with E-state index in [9.17, 15) is 0 Å². The smallest absolute Gasteiger partial charge is 0.253 e. The van der Waals surface area contributed by atoms with Crippen LogP contribution >= 0.6 is 0 Å². The standard InChI is InChI=1S/C19H21N5O/c1-19(2,13-7-5-4-6-8-13)12-20-17-22-18-21-15-11-14(25-3)9-10-16(15)24(18)23-17/h4-11H,12H2,1-3H3,(H2,20,21,22,23). The van der Waals surface area contributed by atoms with Gasteiger partial charge in [0.25, 0.3) is 5.78 Å². The van der Waals surface area contributed by atoms with Crippen LogP contribution in [0, 0.1) is 0 Å². The Morgan fingerprint density at radius 1 is 1.12 bits per heavy atom. The number of hydrogen-bond donors (Lipinski definition) is 2. The van der Waals surface area contributed by atoms with Crippen molar-refractivity contribution >= 4 is 22.8 Å². The van der Waals surface area contributed by atoms with Crippen LogP contribution in [-0.4, -0.2) is 33.2 Å². The molecule has 0 spiro atoms. The van der Waals surface area contributed by atoms with Crippen LogP contribution in [0.25, 0.3) is 16.8 Å². The summed E-state index contributed by atoms with van der Waals surface area (Å²) in [5, 5.41) is 6.67. The summed E-state index contributed by atoms with van der Waals surface area (Å²) in [6.07, 6.45) is 0. The third-order valence-electron chi connectivity index (χ3n) is 4.53. The highest BCUT2D eigenvalue weighted by molar-refractivity contribution is 5.80. The van der Waals surface area contributed by atoms with E-state index in [0.717, 1.165) is 23.3 Å². The Bertz CT molecular complexity index is 1020. The van der Waals surface area contributed by atoms with Crippen LogP contribution in [0.15, 0.2) is 48.5 Å². The molecule has 25 heavy (non-hydrogen) atoms. The lowest BCUT2D eigenvalue weighted by molar-refractivity contribution is 0.415. The van der Waals surface area contributed by atoms with Gasteiger partial charge in [-0.3, -0.25) is 5.10 Å². The first-order valence-corrected chi connectivity index (χ1v) is 8.28. The number of H-pyrrole nitrogens is 1. The van der Waals surface area contributed by atoms with Crippen LogP contribution in [0.1, 0.15) is 19.4 Å². The van der Waals surface area contributed by atoms with E-state index in [4.69, 9.17) is 4.74 Å². The summed E-state index contributed by atoms with van der Waals surface area (Å²) in [5.41, 5.74) is 3.11. The molecule has 0 amide bonds. The lowest BCUT2D eigenvalue weighted by atomic mass is 9.85. The van der Waals surface area contributed by atoms with Gasteiger partial charge in [0, 0.05) is 18.0 Å². The van der Waals surface area contributed by atoms with Gasteiger partial charge >= 0.3 is 0 Å². The fraction of sp³-hybridized carbons (Fsp3) is 0.263. The zero-order valence-corrected chi connectivity index (χ0v) is 14.6. The molecule has 4 rings (SSSR count). The van der Waals surface area contributed by atoms with E-state index in [0.29, 0.717) is 11.7 Å². The maximum Gasteiger partial charge on any atom is 0.253 e. The average molecular weight is 335 g/mol. The SMILES string of the molecule is COc1ccc2c(c1)nc1nc(NCC(C)(C)c3ccccc3)[nH]n12. The van der Waals surface area contributed by atoms with Crippen LogP contribution in [0.2, 0.25) is 0 Å². The topological polar surface area (TPSA) is 67.2 Å². The molecular formula is C19H21N5O. The molecule has 0 saturated heterocycles. The van der Waals surface area contributed by atoms with Gasteiger partial charge in [-0.25, -0.2) is 9.50 Å². The first-order valence-electron chi connectivity index (χ1n) is 8.28. The van der Waals surface area contributed by atoms with Crippen LogP contribution in [0.3, 0.4) is 0 Å². The second kappa shape index (κ2) is 5.81. The summed E-state index contributed by atoms with van der Waals surface area (Å²) in [5.74, 6) is 2.14. The van der Waals surface area contributed by atoms with Crippen molar-refractivity contribution in [2.24, 2.45) is 0 Å². The molecule has 6 nitrogen and oxygen atoms in total.